The molecule has 13 heavy (non-hydrogen) atoms. The van der Waals surface area contributed by atoms with Gasteiger partial charge in [-0.2, -0.15) is 0 Å². The number of benzene rings is 1. The molecular weight excluding hydrogens is 347 g/mol. The van der Waals surface area contributed by atoms with Gasteiger partial charge in [-0.3, -0.25) is 4.79 Å². The molecule has 0 saturated carbocycles. The predicted molar refractivity (Wildman–Crippen MR) is 62.6 cm³/mol. The Morgan fingerprint density at radius 1 is 1.62 bits per heavy atom. The number of rotatable bonds is 2. The SMILES string of the molecule is COC(=O)Cc1c(Br)cccc1I. The van der Waals surface area contributed by atoms with Crippen LogP contribution in [0.1, 0.15) is 5.56 Å². The molecule has 0 atom stereocenters. The van der Waals surface area contributed by atoms with Gasteiger partial charge >= 0.3 is 5.97 Å². The van der Waals surface area contributed by atoms with Crippen LogP contribution in [0.15, 0.2) is 22.7 Å². The molecule has 4 heteroatoms. The fourth-order valence-electron chi connectivity index (χ4n) is 0.918. The second kappa shape index (κ2) is 4.95. The van der Waals surface area contributed by atoms with Gasteiger partial charge in [-0.15, -0.1) is 0 Å². The first kappa shape index (κ1) is 11.0. The van der Waals surface area contributed by atoms with Crippen molar-refractivity contribution in [3.8, 4) is 0 Å². The molecule has 0 amide bonds. The molecule has 0 aromatic heterocycles. The van der Waals surface area contributed by atoms with E-state index >= 15 is 0 Å². The molecule has 0 heterocycles. The zero-order valence-corrected chi connectivity index (χ0v) is 10.8. The molecule has 2 nitrogen and oxygen atoms in total. The molecule has 0 bridgehead atoms. The third-order valence-corrected chi connectivity index (χ3v) is 3.36. The molecule has 1 aromatic rings. The van der Waals surface area contributed by atoms with E-state index in [1.54, 1.807) is 0 Å². The highest BCUT2D eigenvalue weighted by Gasteiger charge is 2.09. The second-order valence-electron chi connectivity index (χ2n) is 2.45. The van der Waals surface area contributed by atoms with Gasteiger partial charge in [-0.05, 0) is 40.3 Å². The second-order valence-corrected chi connectivity index (χ2v) is 4.47. The van der Waals surface area contributed by atoms with Gasteiger partial charge in [0.15, 0.2) is 0 Å². The lowest BCUT2D eigenvalue weighted by Gasteiger charge is -2.05. The summed E-state index contributed by atoms with van der Waals surface area (Å²) in [4.78, 5) is 11.0. The zero-order valence-electron chi connectivity index (χ0n) is 7.01. The summed E-state index contributed by atoms with van der Waals surface area (Å²) < 4.78 is 6.62. The van der Waals surface area contributed by atoms with Crippen molar-refractivity contribution < 1.29 is 9.53 Å². The number of hydrogen-bond acceptors (Lipinski definition) is 2. The molecule has 0 unspecified atom stereocenters. The van der Waals surface area contributed by atoms with Crippen LogP contribution in [0.5, 0.6) is 0 Å². The molecular formula is C9H8BrIO2. The smallest absolute Gasteiger partial charge is 0.310 e. The Hall–Kier alpha value is -0.100. The van der Waals surface area contributed by atoms with Crippen molar-refractivity contribution in [3.63, 3.8) is 0 Å². The summed E-state index contributed by atoms with van der Waals surface area (Å²) in [5.41, 5.74) is 0.981. The van der Waals surface area contributed by atoms with Crippen molar-refractivity contribution >= 4 is 44.5 Å². The van der Waals surface area contributed by atoms with E-state index in [1.165, 1.54) is 7.11 Å². The molecule has 70 valence electrons. The molecule has 0 spiro atoms. The zero-order chi connectivity index (χ0) is 9.84. The number of hydrogen-bond donors (Lipinski definition) is 0. The fourth-order valence-corrected chi connectivity index (χ4v) is 2.48. The molecule has 0 N–H and O–H groups in total. The molecule has 0 aliphatic heterocycles. The number of halogens is 2. The van der Waals surface area contributed by atoms with Crippen LogP contribution in [0.3, 0.4) is 0 Å². The van der Waals surface area contributed by atoms with E-state index < -0.39 is 0 Å². The lowest BCUT2D eigenvalue weighted by atomic mass is 10.2. The number of esters is 1. The lowest BCUT2D eigenvalue weighted by molar-refractivity contribution is -0.139. The van der Waals surface area contributed by atoms with Crippen molar-refractivity contribution in [1.29, 1.82) is 0 Å². The summed E-state index contributed by atoms with van der Waals surface area (Å²) in [7, 11) is 1.39. The number of ether oxygens (including phenoxy) is 1. The first-order valence-corrected chi connectivity index (χ1v) is 5.52. The highest BCUT2D eigenvalue weighted by molar-refractivity contribution is 14.1. The van der Waals surface area contributed by atoms with Gasteiger partial charge in [-0.1, -0.05) is 22.0 Å². The number of methoxy groups -OCH3 is 1. The molecule has 0 aliphatic carbocycles. The minimum atomic E-state index is -0.218. The van der Waals surface area contributed by atoms with E-state index in [9.17, 15) is 4.79 Å². The average molecular weight is 355 g/mol. The van der Waals surface area contributed by atoms with Gasteiger partial charge in [0.05, 0.1) is 13.5 Å². The Morgan fingerprint density at radius 2 is 2.31 bits per heavy atom. The van der Waals surface area contributed by atoms with E-state index in [4.69, 9.17) is 0 Å². The molecule has 0 radical (unpaired) electrons. The minimum absolute atomic E-state index is 0.218. The van der Waals surface area contributed by atoms with Gasteiger partial charge < -0.3 is 4.74 Å². The highest BCUT2D eigenvalue weighted by Crippen LogP contribution is 2.22. The van der Waals surface area contributed by atoms with Gasteiger partial charge in [-0.25, -0.2) is 0 Å². The minimum Gasteiger partial charge on any atom is -0.469 e. The third-order valence-electron chi connectivity index (χ3n) is 1.61. The number of carbonyl (C=O) groups excluding carboxylic acids is 1. The number of carbonyl (C=O) groups is 1. The Balaban J connectivity index is 2.93. The quantitative estimate of drug-likeness (QED) is 0.603. The monoisotopic (exact) mass is 354 g/mol. The topological polar surface area (TPSA) is 26.3 Å². The maximum Gasteiger partial charge on any atom is 0.310 e. The summed E-state index contributed by atoms with van der Waals surface area (Å²) in [6.07, 6.45) is 0.316. The van der Waals surface area contributed by atoms with Crippen LogP contribution < -0.4 is 0 Å². The van der Waals surface area contributed by atoms with Crippen LogP contribution in [0.2, 0.25) is 0 Å². The Kier molecular flexibility index (Phi) is 4.18. The first-order valence-electron chi connectivity index (χ1n) is 3.65. The van der Waals surface area contributed by atoms with E-state index in [1.807, 2.05) is 18.2 Å². The third kappa shape index (κ3) is 2.95. The van der Waals surface area contributed by atoms with Crippen molar-refractivity contribution in [2.45, 2.75) is 6.42 Å². The van der Waals surface area contributed by atoms with Gasteiger partial charge in [0.25, 0.3) is 0 Å². The van der Waals surface area contributed by atoms with Crippen LogP contribution in [0.4, 0.5) is 0 Å². The summed E-state index contributed by atoms with van der Waals surface area (Å²) >= 11 is 5.59. The van der Waals surface area contributed by atoms with Crippen molar-refractivity contribution in [2.75, 3.05) is 7.11 Å². The Bertz CT molecular complexity index is 305. The van der Waals surface area contributed by atoms with Crippen molar-refractivity contribution in [3.05, 3.63) is 31.8 Å². The maximum absolute atomic E-state index is 11.0. The molecule has 1 aromatic carbocycles. The van der Waals surface area contributed by atoms with Crippen LogP contribution in [-0.2, 0) is 16.0 Å². The molecule has 0 saturated heterocycles. The molecule has 0 fully saturated rings. The average Bonchev–Trinajstić information content (AvgIpc) is 2.11. The van der Waals surface area contributed by atoms with Crippen LogP contribution in [-0.4, -0.2) is 13.1 Å². The lowest BCUT2D eigenvalue weighted by Crippen LogP contribution is -2.06. The molecule has 1 rings (SSSR count). The van der Waals surface area contributed by atoms with Crippen molar-refractivity contribution in [2.24, 2.45) is 0 Å². The van der Waals surface area contributed by atoms with E-state index in [-0.39, 0.29) is 5.97 Å². The largest absolute Gasteiger partial charge is 0.469 e. The van der Waals surface area contributed by atoms with Gasteiger partial charge in [0, 0.05) is 8.04 Å². The Labute approximate surface area is 98.9 Å². The summed E-state index contributed by atoms with van der Waals surface area (Å²) in [5.74, 6) is -0.218. The van der Waals surface area contributed by atoms with Crippen LogP contribution in [0, 0.1) is 3.57 Å². The molecule has 0 aliphatic rings. The van der Waals surface area contributed by atoms with E-state index in [0.29, 0.717) is 6.42 Å². The van der Waals surface area contributed by atoms with Crippen LogP contribution >= 0.6 is 38.5 Å². The first-order chi connectivity index (χ1) is 6.15. The van der Waals surface area contributed by atoms with E-state index in [0.717, 1.165) is 13.6 Å². The normalized spacial score (nSPS) is 9.77. The van der Waals surface area contributed by atoms with Crippen molar-refractivity contribution in [1.82, 2.24) is 0 Å². The summed E-state index contributed by atoms with van der Waals surface area (Å²) in [6.45, 7) is 0. The van der Waals surface area contributed by atoms with Crippen LogP contribution in [0.25, 0.3) is 0 Å². The fraction of sp³-hybridized carbons (Fsp3) is 0.222. The van der Waals surface area contributed by atoms with Gasteiger partial charge in [0.1, 0.15) is 0 Å². The van der Waals surface area contributed by atoms with Gasteiger partial charge in [0.2, 0.25) is 0 Å². The predicted octanol–water partition coefficient (Wildman–Crippen LogP) is 2.77. The maximum atomic E-state index is 11.0. The summed E-state index contributed by atoms with van der Waals surface area (Å²) in [6, 6.07) is 5.82. The summed E-state index contributed by atoms with van der Waals surface area (Å²) in [5, 5.41) is 0. The Morgan fingerprint density at radius 3 is 2.85 bits per heavy atom. The highest BCUT2D eigenvalue weighted by atomic mass is 127. The van der Waals surface area contributed by atoms with E-state index in [2.05, 4.69) is 43.3 Å². The standard InChI is InChI=1S/C9H8BrIO2/c1-13-9(12)5-6-7(10)3-2-4-8(6)11/h2-4H,5H2,1H3.